The van der Waals surface area contributed by atoms with Crippen molar-refractivity contribution in [1.29, 1.82) is 0 Å². The highest BCUT2D eigenvalue weighted by Gasteiger charge is 2.18. The number of aryl methyl sites for hydroxylation is 1. The third-order valence-electron chi connectivity index (χ3n) is 5.73. The van der Waals surface area contributed by atoms with Gasteiger partial charge in [0.05, 0.1) is 5.52 Å². The molecule has 0 saturated carbocycles. The summed E-state index contributed by atoms with van der Waals surface area (Å²) in [5.41, 5.74) is 6.41. The fourth-order valence-corrected chi connectivity index (χ4v) is 4.21. The third-order valence-corrected chi connectivity index (χ3v) is 5.73. The van der Waals surface area contributed by atoms with Crippen molar-refractivity contribution in [2.24, 2.45) is 0 Å². The minimum Gasteiger partial charge on any atom is -0.381 e. The van der Waals surface area contributed by atoms with Crippen LogP contribution in [0.4, 0.5) is 0 Å². The number of nitrogens with one attached hydrogen (secondary N) is 2. The molecule has 6 nitrogen and oxygen atoms in total. The molecule has 1 fully saturated rings. The average molecular weight is 375 g/mol. The van der Waals surface area contributed by atoms with Crippen LogP contribution < -0.4 is 0 Å². The molecule has 28 heavy (non-hydrogen) atoms. The summed E-state index contributed by atoms with van der Waals surface area (Å²) in [7, 11) is 2.22. The molecule has 0 amide bonds. The van der Waals surface area contributed by atoms with Gasteiger partial charge >= 0.3 is 0 Å². The number of hydrogen-bond acceptors (Lipinski definition) is 4. The van der Waals surface area contributed by atoms with Crippen LogP contribution in [0.5, 0.6) is 0 Å². The number of H-pyrrole nitrogens is 2. The van der Waals surface area contributed by atoms with Crippen molar-refractivity contribution < 1.29 is 4.74 Å². The van der Waals surface area contributed by atoms with Gasteiger partial charge in [-0.3, -0.25) is 4.90 Å². The molecule has 2 N–H and O–H groups in total. The molecular formula is C22H25N5O. The number of fused-ring (bicyclic) bond motifs is 2. The summed E-state index contributed by atoms with van der Waals surface area (Å²) in [6.45, 7) is 4.66. The van der Waals surface area contributed by atoms with E-state index in [0.717, 1.165) is 66.4 Å². The molecule has 4 aromatic rings. The van der Waals surface area contributed by atoms with E-state index >= 15 is 0 Å². The molecule has 1 aliphatic rings. The normalized spacial score (nSPS) is 15.8. The Bertz CT molecular complexity index is 1120. The van der Waals surface area contributed by atoms with Crippen LogP contribution in [-0.2, 0) is 11.3 Å². The fourth-order valence-electron chi connectivity index (χ4n) is 4.21. The second kappa shape index (κ2) is 7.04. The lowest BCUT2D eigenvalue weighted by molar-refractivity contribution is 0.0407. The first-order valence-corrected chi connectivity index (χ1v) is 9.89. The van der Waals surface area contributed by atoms with E-state index in [1.54, 1.807) is 0 Å². The summed E-state index contributed by atoms with van der Waals surface area (Å²) in [4.78, 5) is 18.2. The maximum atomic E-state index is 5.49. The number of hydrogen-bond donors (Lipinski definition) is 2. The second-order valence-electron chi connectivity index (χ2n) is 7.74. The predicted molar refractivity (Wildman–Crippen MR) is 111 cm³/mol. The van der Waals surface area contributed by atoms with Crippen molar-refractivity contribution in [3.63, 3.8) is 0 Å². The zero-order valence-corrected chi connectivity index (χ0v) is 16.3. The first-order chi connectivity index (χ1) is 13.7. The number of benzene rings is 1. The van der Waals surface area contributed by atoms with Gasteiger partial charge < -0.3 is 14.7 Å². The highest BCUT2D eigenvalue weighted by Crippen LogP contribution is 2.29. The number of imidazole rings is 1. The van der Waals surface area contributed by atoms with Gasteiger partial charge in [0.15, 0.2) is 5.65 Å². The zero-order chi connectivity index (χ0) is 19.1. The molecule has 0 atom stereocenters. The van der Waals surface area contributed by atoms with Crippen molar-refractivity contribution in [3.05, 3.63) is 47.9 Å². The van der Waals surface area contributed by atoms with Gasteiger partial charge in [-0.25, -0.2) is 9.97 Å². The van der Waals surface area contributed by atoms with E-state index in [0.29, 0.717) is 6.04 Å². The number of nitrogens with zero attached hydrogens (tertiary/aromatic N) is 3. The molecule has 1 aliphatic heterocycles. The van der Waals surface area contributed by atoms with Gasteiger partial charge in [0.25, 0.3) is 0 Å². The highest BCUT2D eigenvalue weighted by atomic mass is 16.5. The Morgan fingerprint density at radius 1 is 1.14 bits per heavy atom. The number of pyridine rings is 1. The van der Waals surface area contributed by atoms with Crippen LogP contribution in [0.1, 0.15) is 24.2 Å². The molecular weight excluding hydrogens is 350 g/mol. The minimum atomic E-state index is 0.609. The Morgan fingerprint density at radius 2 is 2.00 bits per heavy atom. The van der Waals surface area contributed by atoms with E-state index in [1.165, 1.54) is 10.9 Å². The lowest BCUT2D eigenvalue weighted by atomic mass is 10.1. The lowest BCUT2D eigenvalue weighted by Crippen LogP contribution is -2.36. The van der Waals surface area contributed by atoms with E-state index < -0.39 is 0 Å². The Kier molecular flexibility index (Phi) is 4.37. The zero-order valence-electron chi connectivity index (χ0n) is 16.3. The van der Waals surface area contributed by atoms with Crippen LogP contribution >= 0.6 is 0 Å². The number of ether oxygens (including phenoxy) is 1. The Morgan fingerprint density at radius 3 is 2.86 bits per heavy atom. The van der Waals surface area contributed by atoms with Crippen LogP contribution in [0.15, 0.2) is 36.5 Å². The molecule has 0 aliphatic carbocycles. The fraction of sp³-hybridized carbons (Fsp3) is 0.364. The summed E-state index contributed by atoms with van der Waals surface area (Å²) < 4.78 is 5.49. The second-order valence-corrected chi connectivity index (χ2v) is 7.74. The third kappa shape index (κ3) is 3.19. The van der Waals surface area contributed by atoms with E-state index in [4.69, 9.17) is 4.74 Å². The van der Waals surface area contributed by atoms with Crippen molar-refractivity contribution in [2.45, 2.75) is 32.4 Å². The van der Waals surface area contributed by atoms with Crippen LogP contribution in [-0.4, -0.2) is 51.1 Å². The molecule has 5 rings (SSSR count). The maximum Gasteiger partial charge on any atom is 0.178 e. The van der Waals surface area contributed by atoms with Gasteiger partial charge in [0, 0.05) is 54.2 Å². The Hall–Kier alpha value is -2.70. The monoisotopic (exact) mass is 375 g/mol. The summed E-state index contributed by atoms with van der Waals surface area (Å²) >= 11 is 0. The van der Waals surface area contributed by atoms with Crippen molar-refractivity contribution >= 4 is 22.1 Å². The first kappa shape index (κ1) is 17.4. The smallest absolute Gasteiger partial charge is 0.178 e. The number of aromatic amines is 2. The summed E-state index contributed by atoms with van der Waals surface area (Å²) in [6.07, 6.45) is 4.05. The van der Waals surface area contributed by atoms with Gasteiger partial charge in [-0.1, -0.05) is 12.1 Å². The average Bonchev–Trinajstić information content (AvgIpc) is 3.30. The van der Waals surface area contributed by atoms with Gasteiger partial charge in [-0.15, -0.1) is 0 Å². The van der Waals surface area contributed by atoms with E-state index in [1.807, 2.05) is 19.2 Å². The predicted octanol–water partition coefficient (Wildman–Crippen LogP) is 4.03. The van der Waals surface area contributed by atoms with Crippen molar-refractivity contribution in [3.8, 4) is 11.3 Å². The van der Waals surface area contributed by atoms with Gasteiger partial charge in [0.1, 0.15) is 5.82 Å². The lowest BCUT2D eigenvalue weighted by Gasteiger charge is -2.31. The van der Waals surface area contributed by atoms with E-state index in [9.17, 15) is 0 Å². The van der Waals surface area contributed by atoms with E-state index in [-0.39, 0.29) is 0 Å². The number of aromatic nitrogens is 4. The van der Waals surface area contributed by atoms with Crippen molar-refractivity contribution in [1.82, 2.24) is 24.8 Å². The molecule has 144 valence electrons. The minimum absolute atomic E-state index is 0.609. The van der Waals surface area contributed by atoms with Crippen LogP contribution in [0.2, 0.25) is 0 Å². The molecule has 0 radical (unpaired) electrons. The molecule has 0 bridgehead atoms. The summed E-state index contributed by atoms with van der Waals surface area (Å²) in [6, 6.07) is 11.6. The molecule has 0 unspecified atom stereocenters. The van der Waals surface area contributed by atoms with Crippen LogP contribution in [0, 0.1) is 6.92 Å². The highest BCUT2D eigenvalue weighted by molar-refractivity contribution is 5.94. The summed E-state index contributed by atoms with van der Waals surface area (Å²) in [5, 5.41) is 1.22. The molecule has 1 aromatic carbocycles. The Labute approximate surface area is 163 Å². The largest absolute Gasteiger partial charge is 0.381 e. The van der Waals surface area contributed by atoms with E-state index in [2.05, 4.69) is 56.1 Å². The molecule has 6 heteroatoms. The first-order valence-electron chi connectivity index (χ1n) is 9.89. The molecule has 3 aromatic heterocycles. The molecule has 4 heterocycles. The summed E-state index contributed by atoms with van der Waals surface area (Å²) in [5.74, 6) is 0.879. The SMILES string of the molecule is Cc1nc2nccc(-c3cc4ccc(CN(C)C5CCOCC5)cc4[nH]3)c2[nH]1. The molecule has 1 saturated heterocycles. The standard InChI is InChI=1S/C22H25N5O/c1-14-24-21-18(5-8-23-22(21)25-14)20-12-16-4-3-15(11-19(16)26-20)13-27(2)17-6-9-28-10-7-17/h3-5,8,11-12,17,26H,6-7,9-10,13H2,1-2H3,(H,23,24,25). The molecule has 0 spiro atoms. The number of rotatable bonds is 4. The maximum absolute atomic E-state index is 5.49. The quantitative estimate of drug-likeness (QED) is 0.565. The van der Waals surface area contributed by atoms with Gasteiger partial charge in [-0.2, -0.15) is 0 Å². The topological polar surface area (TPSA) is 69.8 Å². The Balaban J connectivity index is 1.45. The van der Waals surface area contributed by atoms with Crippen LogP contribution in [0.3, 0.4) is 0 Å². The van der Waals surface area contributed by atoms with Crippen molar-refractivity contribution in [2.75, 3.05) is 20.3 Å². The van der Waals surface area contributed by atoms with Crippen LogP contribution in [0.25, 0.3) is 33.3 Å². The van der Waals surface area contributed by atoms with Gasteiger partial charge in [0.2, 0.25) is 0 Å². The van der Waals surface area contributed by atoms with Gasteiger partial charge in [-0.05, 0) is 50.6 Å².